The molecule has 0 radical (unpaired) electrons. The Bertz CT molecular complexity index is 858. The summed E-state index contributed by atoms with van der Waals surface area (Å²) in [5.41, 5.74) is -6.00. The Morgan fingerprint density at radius 2 is 1.73 bits per heavy atom. The standard InChI is InChI=1S/C12H6F4O5S/c13-10-7-2-1-3-8(11(17)18)6(7)4-5-9(10)21-22(19,20)12(14,15)16/h1-5H,(H,17,18). The molecule has 0 amide bonds. The zero-order valence-corrected chi connectivity index (χ0v) is 11.2. The summed E-state index contributed by atoms with van der Waals surface area (Å²) in [6.45, 7) is 0. The molecule has 1 N–H and O–H groups in total. The smallest absolute Gasteiger partial charge is 0.478 e. The summed E-state index contributed by atoms with van der Waals surface area (Å²) in [5.74, 6) is -3.96. The maximum Gasteiger partial charge on any atom is 0.534 e. The van der Waals surface area contributed by atoms with Crippen molar-refractivity contribution in [1.82, 2.24) is 0 Å². The molecular weight excluding hydrogens is 332 g/mol. The first-order valence-corrected chi connectivity index (χ1v) is 6.90. The summed E-state index contributed by atoms with van der Waals surface area (Å²) in [6, 6.07) is 4.99. The van der Waals surface area contributed by atoms with E-state index in [9.17, 15) is 30.8 Å². The molecule has 5 nitrogen and oxygen atoms in total. The zero-order valence-electron chi connectivity index (χ0n) is 10.4. The monoisotopic (exact) mass is 338 g/mol. The first-order chi connectivity index (χ1) is 10.0. The number of rotatable bonds is 3. The van der Waals surface area contributed by atoms with Gasteiger partial charge in [-0.3, -0.25) is 0 Å². The van der Waals surface area contributed by atoms with Crippen LogP contribution in [0.1, 0.15) is 10.4 Å². The number of halogens is 4. The second-order valence-corrected chi connectivity index (χ2v) is 5.60. The molecule has 0 atom stereocenters. The summed E-state index contributed by atoms with van der Waals surface area (Å²) >= 11 is 0. The van der Waals surface area contributed by atoms with E-state index in [1.165, 1.54) is 0 Å². The molecule has 0 aliphatic carbocycles. The SMILES string of the molecule is O=C(O)c1cccc2c(F)c(OS(=O)(=O)C(F)(F)F)ccc12. The third kappa shape index (κ3) is 2.69. The first kappa shape index (κ1) is 16.0. The highest BCUT2D eigenvalue weighted by Crippen LogP contribution is 2.32. The van der Waals surface area contributed by atoms with E-state index >= 15 is 0 Å². The lowest BCUT2D eigenvalue weighted by molar-refractivity contribution is -0.0500. The van der Waals surface area contributed by atoms with Gasteiger partial charge < -0.3 is 9.29 Å². The quantitative estimate of drug-likeness (QED) is 0.529. The highest BCUT2D eigenvalue weighted by atomic mass is 32.2. The van der Waals surface area contributed by atoms with Crippen LogP contribution in [-0.4, -0.2) is 25.0 Å². The number of hydrogen-bond acceptors (Lipinski definition) is 4. The van der Waals surface area contributed by atoms with Crippen molar-refractivity contribution >= 4 is 26.9 Å². The number of carboxylic acid groups (broad SMARTS) is 1. The third-order valence-corrected chi connectivity index (χ3v) is 3.64. The average molecular weight is 338 g/mol. The summed E-state index contributed by atoms with van der Waals surface area (Å²) in [6.07, 6.45) is 0. The van der Waals surface area contributed by atoms with Crippen LogP contribution < -0.4 is 4.18 Å². The third-order valence-electron chi connectivity index (χ3n) is 2.67. The molecular formula is C12H6F4O5S. The minimum atomic E-state index is -6.02. The zero-order chi connectivity index (χ0) is 16.7. The Kier molecular flexibility index (Phi) is 3.73. The van der Waals surface area contributed by atoms with E-state index in [4.69, 9.17) is 5.11 Å². The molecule has 0 aromatic heterocycles. The normalized spacial score (nSPS) is 12.4. The molecule has 10 heteroatoms. The van der Waals surface area contributed by atoms with Crippen LogP contribution >= 0.6 is 0 Å². The Labute approximate surface area is 120 Å². The minimum absolute atomic E-state index is 0.107. The second kappa shape index (κ2) is 5.13. The van der Waals surface area contributed by atoms with Crippen LogP contribution in [0.15, 0.2) is 30.3 Å². The molecule has 0 saturated carbocycles. The first-order valence-electron chi connectivity index (χ1n) is 5.50. The van der Waals surface area contributed by atoms with Gasteiger partial charge >= 0.3 is 21.6 Å². The van der Waals surface area contributed by atoms with E-state index in [0.29, 0.717) is 6.07 Å². The van der Waals surface area contributed by atoms with Gasteiger partial charge in [-0.25, -0.2) is 9.18 Å². The molecule has 0 saturated heterocycles. The molecule has 2 rings (SSSR count). The van der Waals surface area contributed by atoms with Gasteiger partial charge in [-0.05, 0) is 23.6 Å². The molecule has 0 aliphatic rings. The van der Waals surface area contributed by atoms with Crippen LogP contribution in [0.3, 0.4) is 0 Å². The van der Waals surface area contributed by atoms with E-state index < -0.39 is 33.2 Å². The molecule has 0 bridgehead atoms. The Morgan fingerprint density at radius 3 is 2.27 bits per heavy atom. The summed E-state index contributed by atoms with van der Waals surface area (Å²) in [4.78, 5) is 11.0. The Hall–Kier alpha value is -2.36. The van der Waals surface area contributed by atoms with Crippen molar-refractivity contribution in [3.63, 3.8) is 0 Å². The van der Waals surface area contributed by atoms with Crippen molar-refractivity contribution in [2.24, 2.45) is 0 Å². The predicted molar refractivity (Wildman–Crippen MR) is 66.5 cm³/mol. The highest BCUT2D eigenvalue weighted by Gasteiger charge is 2.49. The molecule has 22 heavy (non-hydrogen) atoms. The van der Waals surface area contributed by atoms with Crippen LogP contribution in [0.4, 0.5) is 17.6 Å². The van der Waals surface area contributed by atoms with Crippen molar-refractivity contribution < 1.29 is 40.1 Å². The van der Waals surface area contributed by atoms with Gasteiger partial charge in [0.2, 0.25) is 0 Å². The molecule has 0 unspecified atom stereocenters. The molecule has 2 aromatic carbocycles. The predicted octanol–water partition coefficient (Wildman–Crippen LogP) is 2.91. The van der Waals surface area contributed by atoms with E-state index in [-0.39, 0.29) is 16.3 Å². The molecule has 2 aromatic rings. The lowest BCUT2D eigenvalue weighted by Crippen LogP contribution is -2.28. The number of fused-ring (bicyclic) bond motifs is 1. The van der Waals surface area contributed by atoms with Crippen LogP contribution in [0.2, 0.25) is 0 Å². The molecule has 0 fully saturated rings. The largest absolute Gasteiger partial charge is 0.534 e. The van der Waals surface area contributed by atoms with Crippen molar-refractivity contribution in [1.29, 1.82) is 0 Å². The van der Waals surface area contributed by atoms with Gasteiger partial charge in [0.15, 0.2) is 11.6 Å². The molecule has 0 aliphatic heterocycles. The Morgan fingerprint density at radius 1 is 1.09 bits per heavy atom. The van der Waals surface area contributed by atoms with E-state index in [1.807, 2.05) is 0 Å². The summed E-state index contributed by atoms with van der Waals surface area (Å²) in [5, 5.41) is 8.45. The van der Waals surface area contributed by atoms with Gasteiger partial charge in [0.1, 0.15) is 0 Å². The second-order valence-electron chi connectivity index (χ2n) is 4.07. The van der Waals surface area contributed by atoms with E-state index in [0.717, 1.165) is 24.3 Å². The lowest BCUT2D eigenvalue weighted by atomic mass is 10.0. The number of benzene rings is 2. The molecule has 0 spiro atoms. The van der Waals surface area contributed by atoms with Gasteiger partial charge in [0.05, 0.1) is 5.56 Å². The fourth-order valence-corrected chi connectivity index (χ4v) is 2.18. The summed E-state index contributed by atoms with van der Waals surface area (Å²) < 4.78 is 76.2. The van der Waals surface area contributed by atoms with Gasteiger partial charge in [0, 0.05) is 5.39 Å². The average Bonchev–Trinajstić information content (AvgIpc) is 2.40. The topological polar surface area (TPSA) is 80.7 Å². The highest BCUT2D eigenvalue weighted by molar-refractivity contribution is 7.88. The van der Waals surface area contributed by atoms with Crippen LogP contribution in [-0.2, 0) is 10.1 Å². The van der Waals surface area contributed by atoms with Crippen molar-refractivity contribution in [3.05, 3.63) is 41.7 Å². The van der Waals surface area contributed by atoms with Crippen molar-refractivity contribution in [2.75, 3.05) is 0 Å². The van der Waals surface area contributed by atoms with Gasteiger partial charge in [0.25, 0.3) is 0 Å². The van der Waals surface area contributed by atoms with Gasteiger partial charge in [-0.2, -0.15) is 21.6 Å². The number of aromatic carboxylic acids is 1. The maximum atomic E-state index is 14.1. The molecule has 118 valence electrons. The van der Waals surface area contributed by atoms with Crippen LogP contribution in [0.5, 0.6) is 5.75 Å². The molecule has 0 heterocycles. The lowest BCUT2D eigenvalue weighted by Gasteiger charge is -2.11. The van der Waals surface area contributed by atoms with Crippen molar-refractivity contribution in [2.45, 2.75) is 5.51 Å². The number of carbonyl (C=O) groups is 1. The maximum absolute atomic E-state index is 14.1. The van der Waals surface area contributed by atoms with Crippen LogP contribution in [0.25, 0.3) is 10.8 Å². The Balaban J connectivity index is 2.61. The van der Waals surface area contributed by atoms with Crippen LogP contribution in [0, 0.1) is 5.82 Å². The van der Waals surface area contributed by atoms with E-state index in [2.05, 4.69) is 4.18 Å². The van der Waals surface area contributed by atoms with Gasteiger partial charge in [-0.15, -0.1) is 0 Å². The fourth-order valence-electron chi connectivity index (χ4n) is 1.72. The fraction of sp³-hybridized carbons (Fsp3) is 0.0833. The van der Waals surface area contributed by atoms with Crippen molar-refractivity contribution in [3.8, 4) is 5.75 Å². The van der Waals surface area contributed by atoms with Gasteiger partial charge in [-0.1, -0.05) is 12.1 Å². The van der Waals surface area contributed by atoms with E-state index in [1.54, 1.807) is 0 Å². The number of alkyl halides is 3. The number of hydrogen-bond donors (Lipinski definition) is 1. The number of carboxylic acids is 1. The minimum Gasteiger partial charge on any atom is -0.478 e. The summed E-state index contributed by atoms with van der Waals surface area (Å²) in [7, 11) is -6.02.